The molecule has 0 saturated carbocycles. The fourth-order valence-corrected chi connectivity index (χ4v) is 10.6. The van der Waals surface area contributed by atoms with E-state index in [0.717, 1.165) is 135 Å². The number of hydrogen-bond acceptors (Lipinski definition) is 5. The molecule has 5 nitrogen and oxygen atoms in total. The maximum absolute atomic E-state index is 12.4. The van der Waals surface area contributed by atoms with Gasteiger partial charge in [0.05, 0.1) is 6.61 Å². The molecule has 1 N–H and O–H groups in total. The van der Waals surface area contributed by atoms with Gasteiger partial charge in [-0.25, -0.2) is 0 Å². The molecule has 0 bridgehead atoms. The van der Waals surface area contributed by atoms with Gasteiger partial charge in [0.15, 0.2) is 6.10 Å². The second kappa shape index (κ2) is 80.2. The Labute approximate surface area is 569 Å². The molecule has 0 aromatic carbocycles. The number of aliphatic hydroxyl groups excluding tert-OH is 1. The Hall–Kier alpha value is -5.00. The summed E-state index contributed by atoms with van der Waals surface area (Å²) in [6, 6.07) is 0. The van der Waals surface area contributed by atoms with Crippen LogP contribution in [0.3, 0.4) is 0 Å². The van der Waals surface area contributed by atoms with Crippen LogP contribution in [-0.4, -0.2) is 36.4 Å². The van der Waals surface area contributed by atoms with E-state index in [1.165, 1.54) is 173 Å². The van der Waals surface area contributed by atoms with E-state index in [2.05, 4.69) is 196 Å². The van der Waals surface area contributed by atoms with Crippen molar-refractivity contribution < 1.29 is 24.2 Å². The van der Waals surface area contributed by atoms with Crippen LogP contribution in [0.5, 0.6) is 0 Å². The molecule has 1 atom stereocenters. The highest BCUT2D eigenvalue weighted by Crippen LogP contribution is 2.17. The molecule has 0 radical (unpaired) electrons. The van der Waals surface area contributed by atoms with Crippen molar-refractivity contribution in [2.75, 3.05) is 13.2 Å². The first-order valence-electron chi connectivity index (χ1n) is 38.3. The topological polar surface area (TPSA) is 72.8 Å². The molecule has 0 aromatic rings. The van der Waals surface area contributed by atoms with Gasteiger partial charge in [0, 0.05) is 12.8 Å². The van der Waals surface area contributed by atoms with Gasteiger partial charge in [0.1, 0.15) is 6.61 Å². The molecule has 5 heteroatoms. The van der Waals surface area contributed by atoms with E-state index in [1.54, 1.807) is 0 Å². The van der Waals surface area contributed by atoms with Crippen LogP contribution in [0.1, 0.15) is 335 Å². The molecule has 0 spiro atoms. The Morgan fingerprint density at radius 2 is 0.435 bits per heavy atom. The van der Waals surface area contributed by atoms with Crippen LogP contribution < -0.4 is 0 Å². The Morgan fingerprint density at radius 3 is 0.652 bits per heavy atom. The molecule has 0 amide bonds. The number of ether oxygens (including phenoxy) is 2. The Morgan fingerprint density at radius 1 is 0.250 bits per heavy atom. The molecular formula is C87H142O5. The quantitative estimate of drug-likeness (QED) is 0.0373. The lowest BCUT2D eigenvalue weighted by atomic mass is 10.0. The van der Waals surface area contributed by atoms with Crippen molar-refractivity contribution >= 4 is 11.9 Å². The summed E-state index contributed by atoms with van der Waals surface area (Å²) in [5.41, 5.74) is 0. The summed E-state index contributed by atoms with van der Waals surface area (Å²) in [7, 11) is 0. The van der Waals surface area contributed by atoms with Gasteiger partial charge in [0.2, 0.25) is 0 Å². The number of rotatable bonds is 69. The summed E-state index contributed by atoms with van der Waals surface area (Å²) in [6.45, 7) is 3.93. The minimum Gasteiger partial charge on any atom is -0.462 e. The molecule has 0 fully saturated rings. The molecule has 0 aliphatic heterocycles. The summed E-state index contributed by atoms with van der Waals surface area (Å²) in [5.74, 6) is -0.588. The second-order valence-corrected chi connectivity index (χ2v) is 25.0. The van der Waals surface area contributed by atoms with Gasteiger partial charge in [0.25, 0.3) is 0 Å². The van der Waals surface area contributed by atoms with Gasteiger partial charge < -0.3 is 14.6 Å². The van der Waals surface area contributed by atoms with Crippen LogP contribution in [0.2, 0.25) is 0 Å². The highest BCUT2D eigenvalue weighted by atomic mass is 16.6. The third-order valence-corrected chi connectivity index (χ3v) is 16.2. The SMILES string of the molecule is CC/C=C\C/C=C\C/C=C\C/C=C\C/C=C\C/C=C\C/C=C\C/C=C\C/C=C\CCCCCCCCCCCCCCCC(=O)OC(CO)COC(=O)CCCCCCCCCCCCCCCCCCCC/C=C\C/C=C\C/C=C\C/C=C\C/C=C\C/C=C\CC. The highest BCUT2D eigenvalue weighted by molar-refractivity contribution is 5.70. The van der Waals surface area contributed by atoms with Crippen molar-refractivity contribution in [3.63, 3.8) is 0 Å². The average Bonchev–Trinajstić information content (AvgIpc) is 3.64. The summed E-state index contributed by atoms with van der Waals surface area (Å²) < 4.78 is 10.8. The third kappa shape index (κ3) is 77.4. The van der Waals surface area contributed by atoms with E-state index >= 15 is 0 Å². The van der Waals surface area contributed by atoms with Gasteiger partial charge in [-0.2, -0.15) is 0 Å². The van der Waals surface area contributed by atoms with Crippen molar-refractivity contribution in [2.24, 2.45) is 0 Å². The maximum Gasteiger partial charge on any atom is 0.306 e. The van der Waals surface area contributed by atoms with Gasteiger partial charge in [-0.05, 0) is 135 Å². The first kappa shape index (κ1) is 87.0. The van der Waals surface area contributed by atoms with Crippen molar-refractivity contribution in [3.8, 4) is 0 Å². The zero-order valence-electron chi connectivity index (χ0n) is 59.7. The largest absolute Gasteiger partial charge is 0.462 e. The maximum atomic E-state index is 12.4. The number of hydrogen-bond donors (Lipinski definition) is 1. The van der Waals surface area contributed by atoms with Crippen LogP contribution in [0, 0.1) is 0 Å². The number of esters is 2. The molecule has 92 heavy (non-hydrogen) atoms. The lowest BCUT2D eigenvalue weighted by Gasteiger charge is -2.15. The third-order valence-electron chi connectivity index (χ3n) is 16.2. The molecule has 0 aliphatic carbocycles. The first-order chi connectivity index (χ1) is 45.6. The molecule has 0 saturated heterocycles. The Balaban J connectivity index is 3.50. The summed E-state index contributed by atoms with van der Waals surface area (Å²) in [6.07, 6.45) is 125. The summed E-state index contributed by atoms with van der Waals surface area (Å²) in [5, 5.41) is 9.73. The second-order valence-electron chi connectivity index (χ2n) is 25.0. The highest BCUT2D eigenvalue weighted by Gasteiger charge is 2.16. The lowest BCUT2D eigenvalue weighted by Crippen LogP contribution is -2.28. The fourth-order valence-electron chi connectivity index (χ4n) is 10.6. The van der Waals surface area contributed by atoms with Crippen LogP contribution in [0.25, 0.3) is 0 Å². The smallest absolute Gasteiger partial charge is 0.306 e. The molecular weight excluding hydrogens is 1120 g/mol. The predicted octanol–water partition coefficient (Wildman–Crippen LogP) is 27.3. The van der Waals surface area contributed by atoms with E-state index in [1.807, 2.05) is 0 Å². The van der Waals surface area contributed by atoms with Crippen molar-refractivity contribution in [2.45, 2.75) is 341 Å². The van der Waals surface area contributed by atoms with Crippen molar-refractivity contribution in [3.05, 3.63) is 182 Å². The van der Waals surface area contributed by atoms with E-state index in [0.29, 0.717) is 12.8 Å². The summed E-state index contributed by atoms with van der Waals surface area (Å²) in [4.78, 5) is 24.7. The first-order valence-corrected chi connectivity index (χ1v) is 38.3. The monoisotopic (exact) mass is 1270 g/mol. The van der Waals surface area contributed by atoms with Crippen LogP contribution >= 0.6 is 0 Å². The molecule has 0 heterocycles. The van der Waals surface area contributed by atoms with Gasteiger partial charge in [-0.15, -0.1) is 0 Å². The zero-order valence-corrected chi connectivity index (χ0v) is 59.7. The normalized spacial score (nSPS) is 13.3. The summed E-state index contributed by atoms with van der Waals surface area (Å²) >= 11 is 0. The van der Waals surface area contributed by atoms with Crippen molar-refractivity contribution in [1.29, 1.82) is 0 Å². The van der Waals surface area contributed by atoms with Crippen LogP contribution in [0.15, 0.2) is 182 Å². The van der Waals surface area contributed by atoms with E-state index in [9.17, 15) is 14.7 Å². The van der Waals surface area contributed by atoms with Gasteiger partial charge in [-0.1, -0.05) is 369 Å². The van der Waals surface area contributed by atoms with E-state index in [4.69, 9.17) is 9.47 Å². The predicted molar refractivity (Wildman–Crippen MR) is 407 cm³/mol. The standard InChI is InChI=1S/C87H142O5/c1-3-5-7-9-11-13-15-17-19-21-23-25-27-29-31-33-35-37-39-41-42-43-44-46-48-50-52-54-56-58-60-62-64-66-68-70-72-74-76-78-80-82-87(90)92-85(83-88)84-91-86(89)81-79-77-75-73-71-69-67-65-63-61-59-57-55-53-51-49-47-45-40-38-36-34-32-30-28-26-24-22-20-18-16-14-12-10-8-6-4-2/h5-8,11-14,17-20,23-26,29-32,35-38,41-42,44,46,50,52,85,88H,3-4,9-10,15-16,21-22,27-28,33-34,39-40,43,45,47-49,51,53-84H2,1-2H3/b7-5-,8-6-,13-11-,14-12-,19-17-,20-18-,25-23-,26-24-,31-29-,32-30-,37-35-,38-36-,42-41-,46-44-,52-50-. The number of carbonyl (C=O) groups is 2. The van der Waals surface area contributed by atoms with Crippen LogP contribution in [-0.2, 0) is 19.1 Å². The number of allylic oxidation sites excluding steroid dienone is 30. The number of carbonyl (C=O) groups excluding carboxylic acids is 2. The minimum absolute atomic E-state index is 0.0716. The lowest BCUT2D eigenvalue weighted by molar-refractivity contribution is -0.161. The van der Waals surface area contributed by atoms with E-state index in [-0.39, 0.29) is 25.2 Å². The molecule has 520 valence electrons. The Kier molecular flexibility index (Phi) is 75.9. The van der Waals surface area contributed by atoms with Crippen molar-refractivity contribution in [1.82, 2.24) is 0 Å². The molecule has 0 rings (SSSR count). The van der Waals surface area contributed by atoms with Gasteiger partial charge >= 0.3 is 11.9 Å². The van der Waals surface area contributed by atoms with E-state index < -0.39 is 6.10 Å². The van der Waals surface area contributed by atoms with Gasteiger partial charge in [-0.3, -0.25) is 9.59 Å². The fraction of sp³-hybridized carbons (Fsp3) is 0.632. The molecule has 1 unspecified atom stereocenters. The number of aliphatic hydroxyl groups is 1. The minimum atomic E-state index is -0.784. The average molecular weight is 1270 g/mol. The molecule has 0 aliphatic rings. The van der Waals surface area contributed by atoms with Crippen LogP contribution in [0.4, 0.5) is 0 Å². The zero-order chi connectivity index (χ0) is 66.1. The Bertz CT molecular complexity index is 2020. The molecule has 0 aromatic heterocycles. The number of unbranched alkanes of at least 4 members (excludes halogenated alkanes) is 31.